The molecule has 0 bridgehead atoms. The molecule has 128 valence electrons. The van der Waals surface area contributed by atoms with Crippen LogP contribution in [-0.2, 0) is 9.53 Å². The molecule has 1 aromatic heterocycles. The molecule has 23 heavy (non-hydrogen) atoms. The van der Waals surface area contributed by atoms with Crippen molar-refractivity contribution in [3.63, 3.8) is 0 Å². The van der Waals surface area contributed by atoms with Crippen molar-refractivity contribution in [1.82, 2.24) is 9.55 Å². The lowest BCUT2D eigenvalue weighted by Gasteiger charge is -2.21. The summed E-state index contributed by atoms with van der Waals surface area (Å²) in [6, 6.07) is 3.34. The van der Waals surface area contributed by atoms with Crippen molar-refractivity contribution < 1.29 is 14.6 Å². The second-order valence-corrected chi connectivity index (χ2v) is 4.84. The van der Waals surface area contributed by atoms with E-state index in [0.717, 1.165) is 4.57 Å². The number of hydrogen-bond acceptors (Lipinski definition) is 6. The predicted molar refractivity (Wildman–Crippen MR) is 85.7 cm³/mol. The van der Waals surface area contributed by atoms with E-state index in [4.69, 9.17) is 15.1 Å². The molecule has 1 aromatic rings. The summed E-state index contributed by atoms with van der Waals surface area (Å²) in [6.07, 6.45) is 1.21. The maximum atomic E-state index is 11.9. The Bertz CT molecular complexity index is 580. The highest BCUT2D eigenvalue weighted by atomic mass is 16.5. The average molecular weight is 324 g/mol. The zero-order valence-corrected chi connectivity index (χ0v) is 13.9. The molecule has 1 rings (SSSR count). The van der Waals surface area contributed by atoms with E-state index in [9.17, 15) is 9.59 Å². The van der Waals surface area contributed by atoms with Crippen molar-refractivity contribution in [1.29, 1.82) is 5.26 Å². The van der Waals surface area contributed by atoms with Crippen molar-refractivity contribution in [3.8, 4) is 6.07 Å². The summed E-state index contributed by atoms with van der Waals surface area (Å²) in [4.78, 5) is 26.4. The second-order valence-electron chi connectivity index (χ2n) is 4.84. The van der Waals surface area contributed by atoms with Crippen molar-refractivity contribution in [3.05, 3.63) is 22.7 Å². The van der Waals surface area contributed by atoms with Gasteiger partial charge in [0.15, 0.2) is 6.23 Å². The van der Waals surface area contributed by atoms with Gasteiger partial charge in [-0.15, -0.1) is 0 Å². The monoisotopic (exact) mass is 324 g/mol. The first-order valence-electron chi connectivity index (χ1n) is 7.39. The Kier molecular flexibility index (Phi) is 10.2. The maximum absolute atomic E-state index is 11.9. The Hall–Kier alpha value is -2.24. The first kappa shape index (κ1) is 20.8. The molecule has 8 nitrogen and oxygen atoms in total. The number of amides is 1. The summed E-state index contributed by atoms with van der Waals surface area (Å²) in [6.45, 7) is 6.94. The van der Waals surface area contributed by atoms with Gasteiger partial charge in [-0.1, -0.05) is 20.3 Å². The van der Waals surface area contributed by atoms with Gasteiger partial charge < -0.3 is 15.2 Å². The molecule has 0 aromatic carbocycles. The van der Waals surface area contributed by atoms with Gasteiger partial charge in [-0.2, -0.15) is 10.2 Å². The summed E-state index contributed by atoms with van der Waals surface area (Å²) < 4.78 is 6.53. The zero-order valence-electron chi connectivity index (χ0n) is 13.9. The molecule has 0 radical (unpaired) electrons. The average Bonchev–Trinajstić information content (AvgIpc) is 2.47. The number of aliphatic hydroxyl groups excluding tert-OH is 1. The molecule has 2 atom stereocenters. The molecular formula is C15H24N4O4. The van der Waals surface area contributed by atoms with Crippen LogP contribution >= 0.6 is 0 Å². The Morgan fingerprint density at radius 1 is 1.57 bits per heavy atom. The van der Waals surface area contributed by atoms with E-state index in [1.807, 2.05) is 6.07 Å². The quantitative estimate of drug-likeness (QED) is 0.817. The van der Waals surface area contributed by atoms with Crippen LogP contribution in [0.3, 0.4) is 0 Å². The van der Waals surface area contributed by atoms with Gasteiger partial charge >= 0.3 is 5.69 Å². The summed E-state index contributed by atoms with van der Waals surface area (Å²) in [5.74, 6) is -0.210. The van der Waals surface area contributed by atoms with Gasteiger partial charge in [0.2, 0.25) is 5.91 Å². The van der Waals surface area contributed by atoms with E-state index in [-0.39, 0.29) is 24.8 Å². The Morgan fingerprint density at radius 2 is 2.17 bits per heavy atom. The third kappa shape index (κ3) is 8.09. The molecule has 0 saturated heterocycles. The lowest BCUT2D eigenvalue weighted by Crippen LogP contribution is -2.31. The van der Waals surface area contributed by atoms with Crippen LogP contribution in [0, 0.1) is 11.3 Å². The van der Waals surface area contributed by atoms with E-state index in [1.165, 1.54) is 25.6 Å². The van der Waals surface area contributed by atoms with Crippen LogP contribution in [0.1, 0.15) is 46.8 Å². The van der Waals surface area contributed by atoms with Gasteiger partial charge in [0.25, 0.3) is 0 Å². The molecule has 1 heterocycles. The standard InChI is InChI=1S/C12H16N4O4.C3H8/c1-8(7-17)20-11(3-5-13)16-6-4-10(14-9(2)18)15-12(16)19;1-3-2/h4,6,8,11,17H,3,7H2,1-2H3,(H,14,15,18,19);3H2,1-2H3/t8?,11-;/m1./s1. The number of nitriles is 1. The lowest BCUT2D eigenvalue weighted by atomic mass is 10.3. The number of aromatic nitrogens is 2. The second kappa shape index (κ2) is 11.3. The molecule has 1 unspecified atom stereocenters. The van der Waals surface area contributed by atoms with Crippen LogP contribution in [-0.4, -0.2) is 33.3 Å². The van der Waals surface area contributed by atoms with Gasteiger partial charge in [0.1, 0.15) is 5.82 Å². The summed E-state index contributed by atoms with van der Waals surface area (Å²) in [7, 11) is 0. The minimum Gasteiger partial charge on any atom is -0.394 e. The van der Waals surface area contributed by atoms with Crippen LogP contribution in [0.4, 0.5) is 5.82 Å². The van der Waals surface area contributed by atoms with Crippen LogP contribution in [0.25, 0.3) is 0 Å². The van der Waals surface area contributed by atoms with Crippen molar-refractivity contribution >= 4 is 11.7 Å². The van der Waals surface area contributed by atoms with Gasteiger partial charge in [0, 0.05) is 13.1 Å². The van der Waals surface area contributed by atoms with Gasteiger partial charge in [-0.3, -0.25) is 9.36 Å². The molecule has 0 spiro atoms. The minimum absolute atomic E-state index is 0.0641. The molecule has 1 amide bonds. The number of carbonyl (C=O) groups is 1. The number of nitrogens with zero attached hydrogens (tertiary/aromatic N) is 3. The SMILES string of the molecule is CC(=O)Nc1ccn([C@@H](CC#N)OC(C)CO)c(=O)n1.CCC. The summed E-state index contributed by atoms with van der Waals surface area (Å²) in [5.41, 5.74) is -0.651. The molecule has 0 aliphatic heterocycles. The molecule has 2 N–H and O–H groups in total. The minimum atomic E-state index is -0.839. The maximum Gasteiger partial charge on any atom is 0.351 e. The lowest BCUT2D eigenvalue weighted by molar-refractivity contribution is -0.114. The molecule has 0 fully saturated rings. The van der Waals surface area contributed by atoms with E-state index in [1.54, 1.807) is 6.92 Å². The number of aliphatic hydroxyl groups is 1. The van der Waals surface area contributed by atoms with E-state index < -0.39 is 18.0 Å². The fraction of sp³-hybridized carbons (Fsp3) is 0.600. The Labute approximate surface area is 135 Å². The van der Waals surface area contributed by atoms with Crippen LogP contribution in [0.15, 0.2) is 17.1 Å². The summed E-state index contributed by atoms with van der Waals surface area (Å²) in [5, 5.41) is 20.1. The first-order chi connectivity index (χ1) is 10.9. The molecule has 0 saturated carbocycles. The Morgan fingerprint density at radius 3 is 2.61 bits per heavy atom. The van der Waals surface area contributed by atoms with E-state index >= 15 is 0 Å². The normalized spacial score (nSPS) is 12.3. The highest BCUT2D eigenvalue weighted by Crippen LogP contribution is 2.13. The number of hydrogen-bond donors (Lipinski definition) is 2. The molecule has 8 heteroatoms. The van der Waals surface area contributed by atoms with Crippen molar-refractivity contribution in [2.75, 3.05) is 11.9 Å². The van der Waals surface area contributed by atoms with Gasteiger partial charge in [0.05, 0.1) is 25.2 Å². The number of anilines is 1. The molecule has 0 aliphatic rings. The molecular weight excluding hydrogens is 300 g/mol. The van der Waals surface area contributed by atoms with Crippen molar-refractivity contribution in [2.24, 2.45) is 0 Å². The predicted octanol–water partition coefficient (Wildman–Crippen LogP) is 1.43. The number of rotatable bonds is 6. The largest absolute Gasteiger partial charge is 0.394 e. The number of carbonyl (C=O) groups excluding carboxylic acids is 1. The van der Waals surface area contributed by atoms with Gasteiger partial charge in [-0.25, -0.2) is 4.79 Å². The molecule has 0 aliphatic carbocycles. The third-order valence-electron chi connectivity index (χ3n) is 2.36. The van der Waals surface area contributed by atoms with Crippen LogP contribution in [0.5, 0.6) is 0 Å². The number of nitrogens with one attached hydrogen (secondary N) is 1. The fourth-order valence-electron chi connectivity index (χ4n) is 1.48. The fourth-order valence-corrected chi connectivity index (χ4v) is 1.48. The smallest absolute Gasteiger partial charge is 0.351 e. The van der Waals surface area contributed by atoms with Crippen LogP contribution in [0.2, 0.25) is 0 Å². The summed E-state index contributed by atoms with van der Waals surface area (Å²) >= 11 is 0. The number of ether oxygens (including phenoxy) is 1. The zero-order chi connectivity index (χ0) is 17.8. The van der Waals surface area contributed by atoms with Gasteiger partial charge in [-0.05, 0) is 13.0 Å². The van der Waals surface area contributed by atoms with E-state index in [0.29, 0.717) is 0 Å². The van der Waals surface area contributed by atoms with Crippen LogP contribution < -0.4 is 11.0 Å². The topological polar surface area (TPSA) is 117 Å². The third-order valence-corrected chi connectivity index (χ3v) is 2.36. The highest BCUT2D eigenvalue weighted by molar-refractivity contribution is 5.87. The first-order valence-corrected chi connectivity index (χ1v) is 7.39. The van der Waals surface area contributed by atoms with E-state index in [2.05, 4.69) is 24.1 Å². The highest BCUT2D eigenvalue weighted by Gasteiger charge is 2.16. The Balaban J connectivity index is 0.00000149. The van der Waals surface area contributed by atoms with Crippen molar-refractivity contribution in [2.45, 2.75) is 52.9 Å².